The lowest BCUT2D eigenvalue weighted by Gasteiger charge is -2.25. The molecule has 0 aliphatic carbocycles. The van der Waals surface area contributed by atoms with Crippen molar-refractivity contribution in [2.45, 2.75) is 51.7 Å². The summed E-state index contributed by atoms with van der Waals surface area (Å²) in [6, 6.07) is 7.46. The van der Waals surface area contributed by atoms with E-state index in [2.05, 4.69) is 5.32 Å². The number of carbonyl (C=O) groups excluding carboxylic acids is 2. The number of benzene rings is 1. The standard InChI is InChI=1S/C17H24N2O3/c1-3-13-6-4-7-14(11-13)18-16(21)17(22)19-9-5-8-15(19)10-12(2)20/h4,6-7,11-12,15,20H,3,5,8-10H2,1-2H3,(H,18,21). The summed E-state index contributed by atoms with van der Waals surface area (Å²) in [5.41, 5.74) is 1.75. The van der Waals surface area contributed by atoms with E-state index in [0.29, 0.717) is 18.7 Å². The fraction of sp³-hybridized carbons (Fsp3) is 0.529. The molecule has 22 heavy (non-hydrogen) atoms. The number of hydrogen-bond acceptors (Lipinski definition) is 3. The third kappa shape index (κ3) is 4.07. The molecule has 5 heteroatoms. The van der Waals surface area contributed by atoms with Gasteiger partial charge in [0.2, 0.25) is 0 Å². The molecule has 0 spiro atoms. The fourth-order valence-electron chi connectivity index (χ4n) is 2.93. The summed E-state index contributed by atoms with van der Waals surface area (Å²) in [6.07, 6.45) is 2.64. The monoisotopic (exact) mass is 304 g/mol. The van der Waals surface area contributed by atoms with Crippen molar-refractivity contribution in [3.63, 3.8) is 0 Å². The number of carbonyl (C=O) groups is 2. The Kier molecular flexibility index (Phi) is 5.55. The maximum Gasteiger partial charge on any atom is 0.313 e. The molecule has 2 N–H and O–H groups in total. The summed E-state index contributed by atoms with van der Waals surface area (Å²) >= 11 is 0. The van der Waals surface area contributed by atoms with Crippen LogP contribution < -0.4 is 5.32 Å². The highest BCUT2D eigenvalue weighted by Crippen LogP contribution is 2.22. The quantitative estimate of drug-likeness (QED) is 0.835. The molecule has 1 saturated heterocycles. The van der Waals surface area contributed by atoms with Gasteiger partial charge in [0.25, 0.3) is 0 Å². The van der Waals surface area contributed by atoms with Gasteiger partial charge in [0.15, 0.2) is 0 Å². The van der Waals surface area contributed by atoms with Crippen molar-refractivity contribution in [3.8, 4) is 0 Å². The lowest BCUT2D eigenvalue weighted by atomic mass is 10.1. The van der Waals surface area contributed by atoms with Crippen LogP contribution >= 0.6 is 0 Å². The van der Waals surface area contributed by atoms with E-state index in [9.17, 15) is 14.7 Å². The first kappa shape index (κ1) is 16.5. The van der Waals surface area contributed by atoms with Gasteiger partial charge < -0.3 is 15.3 Å². The van der Waals surface area contributed by atoms with Gasteiger partial charge in [-0.25, -0.2) is 0 Å². The van der Waals surface area contributed by atoms with E-state index in [1.165, 1.54) is 0 Å². The molecule has 5 nitrogen and oxygen atoms in total. The zero-order valence-electron chi connectivity index (χ0n) is 13.2. The van der Waals surface area contributed by atoms with Gasteiger partial charge in [-0.1, -0.05) is 19.1 Å². The van der Waals surface area contributed by atoms with Crippen LogP contribution in [0.3, 0.4) is 0 Å². The molecule has 0 aromatic heterocycles. The van der Waals surface area contributed by atoms with Crippen LogP contribution in [-0.4, -0.2) is 40.5 Å². The van der Waals surface area contributed by atoms with Crippen LogP contribution in [-0.2, 0) is 16.0 Å². The fourth-order valence-corrected chi connectivity index (χ4v) is 2.93. The number of aliphatic hydroxyl groups is 1. The Balaban J connectivity index is 2.00. The number of likely N-dealkylation sites (tertiary alicyclic amines) is 1. The number of hydrogen-bond donors (Lipinski definition) is 2. The minimum Gasteiger partial charge on any atom is -0.393 e. The van der Waals surface area contributed by atoms with Crippen LogP contribution in [0.2, 0.25) is 0 Å². The van der Waals surface area contributed by atoms with E-state index in [4.69, 9.17) is 0 Å². The molecular weight excluding hydrogens is 280 g/mol. The number of aryl methyl sites for hydroxylation is 1. The summed E-state index contributed by atoms with van der Waals surface area (Å²) in [7, 11) is 0. The second-order valence-corrected chi connectivity index (χ2v) is 5.89. The second-order valence-electron chi connectivity index (χ2n) is 5.89. The predicted octanol–water partition coefficient (Wildman–Crippen LogP) is 1.95. The Morgan fingerprint density at radius 1 is 1.45 bits per heavy atom. The molecule has 1 heterocycles. The van der Waals surface area contributed by atoms with Crippen LogP contribution in [0.4, 0.5) is 5.69 Å². The van der Waals surface area contributed by atoms with Gasteiger partial charge in [-0.2, -0.15) is 0 Å². The number of aliphatic hydroxyl groups excluding tert-OH is 1. The summed E-state index contributed by atoms with van der Waals surface area (Å²) in [4.78, 5) is 26.1. The zero-order chi connectivity index (χ0) is 16.1. The second kappa shape index (κ2) is 7.40. The van der Waals surface area contributed by atoms with Gasteiger partial charge in [0.1, 0.15) is 0 Å². The molecule has 0 radical (unpaired) electrons. The molecule has 0 bridgehead atoms. The van der Waals surface area contributed by atoms with E-state index in [1.54, 1.807) is 17.9 Å². The third-order valence-corrected chi connectivity index (χ3v) is 4.04. The number of anilines is 1. The molecule has 1 aliphatic rings. The first-order valence-corrected chi connectivity index (χ1v) is 7.90. The molecule has 1 fully saturated rings. The molecule has 2 rings (SSSR count). The lowest BCUT2D eigenvalue weighted by molar-refractivity contribution is -0.144. The first-order valence-electron chi connectivity index (χ1n) is 7.90. The first-order chi connectivity index (χ1) is 10.5. The Morgan fingerprint density at radius 3 is 2.91 bits per heavy atom. The van der Waals surface area contributed by atoms with Crippen LogP contribution in [0.5, 0.6) is 0 Å². The van der Waals surface area contributed by atoms with Gasteiger partial charge in [0, 0.05) is 18.3 Å². The van der Waals surface area contributed by atoms with Crippen molar-refractivity contribution >= 4 is 17.5 Å². The summed E-state index contributed by atoms with van der Waals surface area (Å²) in [5.74, 6) is -1.12. The molecule has 2 atom stereocenters. The van der Waals surface area contributed by atoms with E-state index < -0.39 is 17.9 Å². The highest BCUT2D eigenvalue weighted by atomic mass is 16.3. The van der Waals surface area contributed by atoms with Gasteiger partial charge >= 0.3 is 11.8 Å². The van der Waals surface area contributed by atoms with Crippen LogP contribution in [0.1, 0.15) is 38.7 Å². The average molecular weight is 304 g/mol. The van der Waals surface area contributed by atoms with Crippen molar-refractivity contribution in [3.05, 3.63) is 29.8 Å². The Hall–Kier alpha value is -1.88. The minimum atomic E-state index is -0.606. The van der Waals surface area contributed by atoms with E-state index in [-0.39, 0.29) is 6.04 Å². The number of amides is 2. The number of nitrogens with zero attached hydrogens (tertiary/aromatic N) is 1. The highest BCUT2D eigenvalue weighted by molar-refractivity contribution is 6.39. The van der Waals surface area contributed by atoms with Gasteiger partial charge in [-0.15, -0.1) is 0 Å². The van der Waals surface area contributed by atoms with Gasteiger partial charge in [0.05, 0.1) is 6.10 Å². The lowest BCUT2D eigenvalue weighted by Crippen LogP contribution is -2.43. The van der Waals surface area contributed by atoms with E-state index >= 15 is 0 Å². The largest absolute Gasteiger partial charge is 0.393 e. The summed E-state index contributed by atoms with van der Waals surface area (Å²) < 4.78 is 0. The smallest absolute Gasteiger partial charge is 0.313 e. The molecule has 1 aliphatic heterocycles. The van der Waals surface area contributed by atoms with Crippen molar-refractivity contribution in [2.75, 3.05) is 11.9 Å². The minimum absolute atomic E-state index is 0.0415. The Morgan fingerprint density at radius 2 is 2.23 bits per heavy atom. The molecule has 1 aromatic rings. The normalized spacial score (nSPS) is 19.0. The van der Waals surface area contributed by atoms with Crippen LogP contribution in [0.25, 0.3) is 0 Å². The maximum absolute atomic E-state index is 12.3. The third-order valence-electron chi connectivity index (χ3n) is 4.04. The molecule has 1 aromatic carbocycles. The van der Waals surface area contributed by atoms with Crippen LogP contribution in [0, 0.1) is 0 Å². The van der Waals surface area contributed by atoms with Crippen LogP contribution in [0.15, 0.2) is 24.3 Å². The van der Waals surface area contributed by atoms with Crippen molar-refractivity contribution in [1.82, 2.24) is 4.90 Å². The van der Waals surface area contributed by atoms with Gasteiger partial charge in [-0.05, 0) is 50.3 Å². The number of rotatable bonds is 4. The molecule has 2 unspecified atom stereocenters. The Bertz CT molecular complexity index is 542. The van der Waals surface area contributed by atoms with E-state index in [0.717, 1.165) is 24.8 Å². The van der Waals surface area contributed by atoms with Crippen molar-refractivity contribution < 1.29 is 14.7 Å². The predicted molar refractivity (Wildman–Crippen MR) is 85.5 cm³/mol. The molecular formula is C17H24N2O3. The van der Waals surface area contributed by atoms with Gasteiger partial charge in [-0.3, -0.25) is 9.59 Å². The topological polar surface area (TPSA) is 69.6 Å². The summed E-state index contributed by atoms with van der Waals surface area (Å²) in [5, 5.41) is 12.2. The number of nitrogens with one attached hydrogen (secondary N) is 1. The summed E-state index contributed by atoms with van der Waals surface area (Å²) in [6.45, 7) is 4.33. The van der Waals surface area contributed by atoms with Crippen molar-refractivity contribution in [2.24, 2.45) is 0 Å². The highest BCUT2D eigenvalue weighted by Gasteiger charge is 2.33. The van der Waals surface area contributed by atoms with E-state index in [1.807, 2.05) is 25.1 Å². The SMILES string of the molecule is CCc1cccc(NC(=O)C(=O)N2CCCC2CC(C)O)c1. The average Bonchev–Trinajstić information content (AvgIpc) is 2.93. The molecule has 2 amide bonds. The molecule has 120 valence electrons. The zero-order valence-corrected chi connectivity index (χ0v) is 13.2. The maximum atomic E-state index is 12.3. The van der Waals surface area contributed by atoms with Crippen molar-refractivity contribution in [1.29, 1.82) is 0 Å². The Labute approximate surface area is 131 Å². The molecule has 0 saturated carbocycles.